The third kappa shape index (κ3) is 3.62. The fraction of sp³-hybridized carbons (Fsp3) is 0.333. The molecule has 0 atom stereocenters. The zero-order valence-electron chi connectivity index (χ0n) is 8.54. The van der Waals surface area contributed by atoms with Gasteiger partial charge in [0.1, 0.15) is 0 Å². The first-order valence-corrected chi connectivity index (χ1v) is 4.74. The van der Waals surface area contributed by atoms with Crippen molar-refractivity contribution in [3.05, 3.63) is 28.3 Å². The van der Waals surface area contributed by atoms with Gasteiger partial charge < -0.3 is 4.74 Å². The third-order valence-electron chi connectivity index (χ3n) is 1.91. The van der Waals surface area contributed by atoms with Crippen LogP contribution < -0.4 is 4.74 Å². The predicted octanol–water partition coefficient (Wildman–Crippen LogP) is 4.98. The summed E-state index contributed by atoms with van der Waals surface area (Å²) in [5, 5.41) is -1.57. The predicted molar refractivity (Wildman–Crippen MR) is 48.1 cm³/mol. The molecule has 0 spiro atoms. The topological polar surface area (TPSA) is 9.23 Å². The molecule has 1 aromatic rings. The van der Waals surface area contributed by atoms with Gasteiger partial charge >= 0.3 is 19.0 Å². The molecule has 0 aliphatic carbocycles. The summed E-state index contributed by atoms with van der Waals surface area (Å²) in [6, 6.07) is 0.0237. The summed E-state index contributed by atoms with van der Waals surface area (Å²) in [7, 11) is 0. The number of hydrogen-bond donors (Lipinski definition) is 0. The molecule has 0 heterocycles. The van der Waals surface area contributed by atoms with Crippen molar-refractivity contribution in [2.45, 2.75) is 19.0 Å². The van der Waals surface area contributed by atoms with Crippen molar-refractivity contribution >= 4 is 11.6 Å². The summed E-state index contributed by atoms with van der Waals surface area (Å²) in [6.45, 7) is -3.75. The summed E-state index contributed by atoms with van der Waals surface area (Å²) >= 11 is 5.07. The van der Waals surface area contributed by atoms with Gasteiger partial charge in [-0.2, -0.15) is 35.1 Å². The second kappa shape index (κ2) is 5.03. The number of benzene rings is 1. The lowest BCUT2D eigenvalue weighted by Crippen LogP contribution is -2.15. The van der Waals surface area contributed by atoms with Crippen LogP contribution in [0.25, 0.3) is 0 Å². The standard InChI is InChI=1S/C9H3ClF8O/c10-5-3(8(13,14)15)1-2-4(9(16,17)18)6(5)19-7(11)12/h1-2,7H. The zero-order valence-corrected chi connectivity index (χ0v) is 9.30. The highest BCUT2D eigenvalue weighted by Crippen LogP contribution is 2.46. The lowest BCUT2D eigenvalue weighted by atomic mass is 10.1. The van der Waals surface area contributed by atoms with Gasteiger partial charge in [0.05, 0.1) is 16.1 Å². The van der Waals surface area contributed by atoms with Crippen LogP contribution in [0.3, 0.4) is 0 Å². The van der Waals surface area contributed by atoms with E-state index in [-0.39, 0.29) is 12.1 Å². The molecule has 1 nitrogen and oxygen atoms in total. The van der Waals surface area contributed by atoms with E-state index in [9.17, 15) is 35.1 Å². The monoisotopic (exact) mass is 314 g/mol. The van der Waals surface area contributed by atoms with Crippen molar-refractivity contribution in [3.8, 4) is 5.75 Å². The van der Waals surface area contributed by atoms with Crippen LogP contribution in [0.1, 0.15) is 11.1 Å². The Bertz CT molecular complexity index is 465. The van der Waals surface area contributed by atoms with Crippen LogP contribution in [0.15, 0.2) is 12.1 Å². The second-order valence-corrected chi connectivity index (χ2v) is 3.56. The summed E-state index contributed by atoms with van der Waals surface area (Å²) < 4.78 is 102. The number of hydrogen-bond acceptors (Lipinski definition) is 1. The Morgan fingerprint density at radius 2 is 1.32 bits per heavy atom. The van der Waals surface area contributed by atoms with Crippen LogP contribution in [-0.4, -0.2) is 6.61 Å². The van der Waals surface area contributed by atoms with Crippen LogP contribution in [-0.2, 0) is 12.4 Å². The summed E-state index contributed by atoms with van der Waals surface area (Å²) in [5.74, 6) is -1.75. The minimum atomic E-state index is -5.18. The molecule has 1 rings (SSSR count). The van der Waals surface area contributed by atoms with E-state index >= 15 is 0 Å². The molecule has 0 unspecified atom stereocenters. The fourth-order valence-corrected chi connectivity index (χ4v) is 1.52. The van der Waals surface area contributed by atoms with Gasteiger partial charge in [0.25, 0.3) is 0 Å². The molecule has 1 aromatic carbocycles. The van der Waals surface area contributed by atoms with Crippen molar-refractivity contribution in [2.75, 3.05) is 0 Å². The maximum Gasteiger partial charge on any atom is 0.420 e. The Kier molecular flexibility index (Phi) is 4.18. The Hall–Kier alpha value is -1.25. The van der Waals surface area contributed by atoms with E-state index < -0.39 is 40.9 Å². The number of rotatable bonds is 2. The van der Waals surface area contributed by atoms with Crippen LogP contribution in [0.5, 0.6) is 5.75 Å². The van der Waals surface area contributed by atoms with Crippen molar-refractivity contribution in [1.29, 1.82) is 0 Å². The van der Waals surface area contributed by atoms with E-state index in [2.05, 4.69) is 4.74 Å². The molecule has 0 saturated carbocycles. The van der Waals surface area contributed by atoms with Crippen LogP contribution >= 0.6 is 11.6 Å². The van der Waals surface area contributed by atoms with Gasteiger partial charge in [0.15, 0.2) is 5.75 Å². The summed E-state index contributed by atoms with van der Waals surface area (Å²) in [4.78, 5) is 0. The minimum absolute atomic E-state index is 0.0214. The van der Waals surface area contributed by atoms with Gasteiger partial charge in [-0.1, -0.05) is 11.6 Å². The molecule has 19 heavy (non-hydrogen) atoms. The van der Waals surface area contributed by atoms with E-state index in [1.807, 2.05) is 0 Å². The van der Waals surface area contributed by atoms with Crippen LogP contribution in [0.4, 0.5) is 35.1 Å². The fourth-order valence-electron chi connectivity index (χ4n) is 1.20. The normalized spacial score (nSPS) is 12.9. The largest absolute Gasteiger partial charge is 0.433 e. The molecule has 0 N–H and O–H groups in total. The molecular formula is C9H3ClF8O. The van der Waals surface area contributed by atoms with E-state index in [1.165, 1.54) is 0 Å². The second-order valence-electron chi connectivity index (χ2n) is 3.18. The minimum Gasteiger partial charge on any atom is -0.433 e. The molecule has 108 valence electrons. The molecule has 0 aliphatic rings. The van der Waals surface area contributed by atoms with Gasteiger partial charge in [-0.25, -0.2) is 0 Å². The Balaban J connectivity index is 3.50. The van der Waals surface area contributed by atoms with Gasteiger partial charge in [-0.05, 0) is 12.1 Å². The van der Waals surface area contributed by atoms with E-state index in [0.717, 1.165) is 0 Å². The maximum absolute atomic E-state index is 12.4. The highest BCUT2D eigenvalue weighted by atomic mass is 35.5. The molecule has 0 radical (unpaired) electrons. The quantitative estimate of drug-likeness (QED) is 0.700. The molecule has 0 bridgehead atoms. The Morgan fingerprint density at radius 3 is 1.68 bits per heavy atom. The number of alkyl halides is 8. The maximum atomic E-state index is 12.4. The van der Waals surface area contributed by atoms with Crippen molar-refractivity contribution in [3.63, 3.8) is 0 Å². The smallest absolute Gasteiger partial charge is 0.420 e. The first kappa shape index (κ1) is 15.8. The molecule has 10 heteroatoms. The Labute approximate surface area is 105 Å². The summed E-state index contributed by atoms with van der Waals surface area (Å²) in [6.07, 6.45) is -10.3. The van der Waals surface area contributed by atoms with Crippen molar-refractivity contribution in [1.82, 2.24) is 0 Å². The molecule has 0 aliphatic heterocycles. The molecule has 0 aromatic heterocycles. The molecule has 0 fully saturated rings. The molecule has 0 amide bonds. The molecule has 0 saturated heterocycles. The SMILES string of the molecule is FC(F)Oc1c(C(F)(F)F)ccc(C(F)(F)F)c1Cl. The van der Waals surface area contributed by atoms with Gasteiger partial charge in [-0.3, -0.25) is 0 Å². The highest BCUT2D eigenvalue weighted by molar-refractivity contribution is 6.33. The van der Waals surface area contributed by atoms with Crippen molar-refractivity contribution in [2.24, 2.45) is 0 Å². The lowest BCUT2D eigenvalue weighted by Gasteiger charge is -2.18. The van der Waals surface area contributed by atoms with Gasteiger partial charge in [0, 0.05) is 0 Å². The average molecular weight is 315 g/mol. The molecular weight excluding hydrogens is 312 g/mol. The number of halogens is 9. The third-order valence-corrected chi connectivity index (χ3v) is 2.29. The lowest BCUT2D eigenvalue weighted by molar-refractivity contribution is -0.145. The highest BCUT2D eigenvalue weighted by Gasteiger charge is 2.41. The summed E-state index contributed by atoms with van der Waals surface area (Å²) in [5.41, 5.74) is -3.51. The van der Waals surface area contributed by atoms with Crippen LogP contribution in [0.2, 0.25) is 5.02 Å². The van der Waals surface area contributed by atoms with Crippen molar-refractivity contribution < 1.29 is 39.9 Å². The first-order valence-electron chi connectivity index (χ1n) is 4.36. The zero-order chi connectivity index (χ0) is 15.0. The number of ether oxygens (including phenoxy) is 1. The first-order chi connectivity index (χ1) is 8.44. The van der Waals surface area contributed by atoms with E-state index in [1.54, 1.807) is 0 Å². The van der Waals surface area contributed by atoms with Gasteiger partial charge in [0.2, 0.25) is 0 Å². The van der Waals surface area contributed by atoms with E-state index in [0.29, 0.717) is 0 Å². The van der Waals surface area contributed by atoms with E-state index in [4.69, 9.17) is 11.6 Å². The van der Waals surface area contributed by atoms with Crippen LogP contribution in [0, 0.1) is 0 Å². The Morgan fingerprint density at radius 1 is 0.895 bits per heavy atom. The van der Waals surface area contributed by atoms with Gasteiger partial charge in [-0.15, -0.1) is 0 Å². The average Bonchev–Trinajstić information content (AvgIpc) is 2.16.